The summed E-state index contributed by atoms with van der Waals surface area (Å²) in [5, 5.41) is 0. The fraction of sp³-hybridized carbons (Fsp3) is 0.417. The Bertz CT molecular complexity index is 898. The Hall–Kier alpha value is -3.10. The van der Waals surface area contributed by atoms with Crippen molar-refractivity contribution in [1.82, 2.24) is 9.80 Å². The van der Waals surface area contributed by atoms with E-state index in [1.807, 2.05) is 48.5 Å². The predicted octanol–water partition coefficient (Wildman–Crippen LogP) is 1.73. The number of rotatable bonds is 10. The van der Waals surface area contributed by atoms with Crippen LogP contribution in [-0.4, -0.2) is 75.1 Å². The molecule has 2 N–H and O–H groups in total. The monoisotopic (exact) mass is 440 g/mol. The standard InChI is InChI=1S/C24H32N4O4/c1-31-21-9-8-19(16-22(21)32-2)17-26-12-14-27(15-13-26)18-24(30)28(11-10-23(25)29)20-6-4-3-5-7-20/h3-9,16H,10-15,17-18H2,1-2H3,(H2,25,29). The lowest BCUT2D eigenvalue weighted by Crippen LogP contribution is -2.50. The maximum Gasteiger partial charge on any atom is 0.241 e. The molecule has 0 spiro atoms. The minimum atomic E-state index is -0.414. The average Bonchev–Trinajstić information content (AvgIpc) is 2.81. The summed E-state index contributed by atoms with van der Waals surface area (Å²) < 4.78 is 10.7. The van der Waals surface area contributed by atoms with Crippen molar-refractivity contribution < 1.29 is 19.1 Å². The van der Waals surface area contributed by atoms with Crippen molar-refractivity contribution in [2.75, 3.05) is 58.4 Å². The number of hydrogen-bond donors (Lipinski definition) is 1. The summed E-state index contributed by atoms with van der Waals surface area (Å²) in [6.45, 7) is 4.77. The van der Waals surface area contributed by atoms with E-state index < -0.39 is 5.91 Å². The third kappa shape index (κ3) is 6.45. The number of piperazine rings is 1. The molecule has 1 saturated heterocycles. The van der Waals surface area contributed by atoms with E-state index in [2.05, 4.69) is 9.80 Å². The van der Waals surface area contributed by atoms with Gasteiger partial charge in [-0.15, -0.1) is 0 Å². The highest BCUT2D eigenvalue weighted by atomic mass is 16.5. The Morgan fingerprint density at radius 1 is 0.938 bits per heavy atom. The third-order valence-corrected chi connectivity index (χ3v) is 5.63. The first kappa shape index (κ1) is 23.6. The van der Waals surface area contributed by atoms with Crippen molar-refractivity contribution in [1.29, 1.82) is 0 Å². The molecule has 1 fully saturated rings. The minimum absolute atomic E-state index is 0.0224. The van der Waals surface area contributed by atoms with Gasteiger partial charge in [0, 0.05) is 51.4 Å². The van der Waals surface area contributed by atoms with Gasteiger partial charge in [-0.2, -0.15) is 0 Å². The number of para-hydroxylation sites is 1. The molecule has 0 unspecified atom stereocenters. The van der Waals surface area contributed by atoms with Gasteiger partial charge in [0.2, 0.25) is 11.8 Å². The molecule has 2 aromatic rings. The van der Waals surface area contributed by atoms with Gasteiger partial charge in [0.1, 0.15) is 0 Å². The predicted molar refractivity (Wildman–Crippen MR) is 124 cm³/mol. The number of ether oxygens (including phenoxy) is 2. The molecule has 0 radical (unpaired) electrons. The molecule has 1 aliphatic heterocycles. The lowest BCUT2D eigenvalue weighted by molar-refractivity contribution is -0.120. The van der Waals surface area contributed by atoms with E-state index in [1.54, 1.807) is 19.1 Å². The number of benzene rings is 2. The zero-order chi connectivity index (χ0) is 22.9. The molecule has 2 aromatic carbocycles. The van der Waals surface area contributed by atoms with Crippen LogP contribution in [0.2, 0.25) is 0 Å². The zero-order valence-electron chi connectivity index (χ0n) is 18.8. The fourth-order valence-corrected chi connectivity index (χ4v) is 3.85. The summed E-state index contributed by atoms with van der Waals surface area (Å²) in [4.78, 5) is 30.5. The second-order valence-corrected chi connectivity index (χ2v) is 7.84. The van der Waals surface area contributed by atoms with E-state index in [4.69, 9.17) is 15.2 Å². The Morgan fingerprint density at radius 3 is 2.22 bits per heavy atom. The summed E-state index contributed by atoms with van der Waals surface area (Å²) >= 11 is 0. The second kappa shape index (κ2) is 11.5. The molecular weight excluding hydrogens is 408 g/mol. The van der Waals surface area contributed by atoms with Crippen LogP contribution in [0.5, 0.6) is 11.5 Å². The van der Waals surface area contributed by atoms with Gasteiger partial charge in [-0.05, 0) is 29.8 Å². The van der Waals surface area contributed by atoms with E-state index >= 15 is 0 Å². The van der Waals surface area contributed by atoms with Gasteiger partial charge in [-0.3, -0.25) is 19.4 Å². The number of methoxy groups -OCH3 is 2. The van der Waals surface area contributed by atoms with Gasteiger partial charge in [-0.25, -0.2) is 0 Å². The Morgan fingerprint density at radius 2 is 1.59 bits per heavy atom. The summed E-state index contributed by atoms with van der Waals surface area (Å²) in [6, 6.07) is 15.4. The van der Waals surface area contributed by atoms with E-state index in [0.717, 1.165) is 55.5 Å². The van der Waals surface area contributed by atoms with Gasteiger partial charge in [0.15, 0.2) is 11.5 Å². The maximum absolute atomic E-state index is 13.0. The molecule has 172 valence electrons. The lowest BCUT2D eigenvalue weighted by atomic mass is 10.1. The highest BCUT2D eigenvalue weighted by Crippen LogP contribution is 2.28. The Kier molecular flexibility index (Phi) is 8.47. The average molecular weight is 441 g/mol. The highest BCUT2D eigenvalue weighted by molar-refractivity contribution is 5.95. The van der Waals surface area contributed by atoms with Crippen LogP contribution in [0.25, 0.3) is 0 Å². The number of anilines is 1. The van der Waals surface area contributed by atoms with Crippen molar-refractivity contribution in [3.8, 4) is 11.5 Å². The maximum atomic E-state index is 13.0. The molecule has 0 aliphatic carbocycles. The summed E-state index contributed by atoms with van der Waals surface area (Å²) in [5.41, 5.74) is 7.25. The largest absolute Gasteiger partial charge is 0.493 e. The van der Waals surface area contributed by atoms with Gasteiger partial charge in [0.25, 0.3) is 0 Å². The SMILES string of the molecule is COc1ccc(CN2CCN(CC(=O)N(CCC(N)=O)c3ccccc3)CC2)cc1OC. The fourth-order valence-electron chi connectivity index (χ4n) is 3.85. The van der Waals surface area contributed by atoms with E-state index in [9.17, 15) is 9.59 Å². The quantitative estimate of drug-likeness (QED) is 0.605. The van der Waals surface area contributed by atoms with Crippen molar-refractivity contribution in [3.05, 3.63) is 54.1 Å². The van der Waals surface area contributed by atoms with Crippen LogP contribution >= 0.6 is 0 Å². The van der Waals surface area contributed by atoms with Crippen LogP contribution in [-0.2, 0) is 16.1 Å². The number of nitrogens with zero attached hydrogens (tertiary/aromatic N) is 3. The number of nitrogens with two attached hydrogens (primary N) is 1. The molecule has 0 atom stereocenters. The van der Waals surface area contributed by atoms with Gasteiger partial charge >= 0.3 is 0 Å². The van der Waals surface area contributed by atoms with Crippen LogP contribution in [0.15, 0.2) is 48.5 Å². The molecule has 0 saturated carbocycles. The summed E-state index contributed by atoms with van der Waals surface area (Å²) in [7, 11) is 3.27. The van der Waals surface area contributed by atoms with Crippen LogP contribution in [0.3, 0.4) is 0 Å². The zero-order valence-corrected chi connectivity index (χ0v) is 18.8. The number of carbonyl (C=O) groups is 2. The van der Waals surface area contributed by atoms with Gasteiger partial charge in [0.05, 0.1) is 20.8 Å². The Labute approximate surface area is 189 Å². The second-order valence-electron chi connectivity index (χ2n) is 7.84. The molecule has 1 heterocycles. The highest BCUT2D eigenvalue weighted by Gasteiger charge is 2.23. The lowest BCUT2D eigenvalue weighted by Gasteiger charge is -2.35. The van der Waals surface area contributed by atoms with Crippen LogP contribution in [0.1, 0.15) is 12.0 Å². The first-order valence-electron chi connectivity index (χ1n) is 10.8. The van der Waals surface area contributed by atoms with Crippen molar-refractivity contribution in [2.24, 2.45) is 5.73 Å². The number of hydrogen-bond acceptors (Lipinski definition) is 6. The first-order valence-corrected chi connectivity index (χ1v) is 10.8. The number of carbonyl (C=O) groups excluding carboxylic acids is 2. The molecule has 8 nitrogen and oxygen atoms in total. The van der Waals surface area contributed by atoms with Crippen LogP contribution in [0.4, 0.5) is 5.69 Å². The third-order valence-electron chi connectivity index (χ3n) is 5.63. The number of primary amides is 1. The Balaban J connectivity index is 1.54. The minimum Gasteiger partial charge on any atom is -0.493 e. The summed E-state index contributed by atoms with van der Waals surface area (Å²) in [6.07, 6.45) is 0.139. The molecule has 0 bridgehead atoms. The van der Waals surface area contributed by atoms with E-state index in [-0.39, 0.29) is 18.9 Å². The molecule has 2 amide bonds. The molecule has 0 aromatic heterocycles. The topological polar surface area (TPSA) is 88.3 Å². The smallest absolute Gasteiger partial charge is 0.241 e. The van der Waals surface area contributed by atoms with Crippen LogP contribution < -0.4 is 20.1 Å². The van der Waals surface area contributed by atoms with E-state index in [0.29, 0.717) is 6.54 Å². The first-order chi connectivity index (χ1) is 15.5. The number of amides is 2. The molecule has 32 heavy (non-hydrogen) atoms. The molecule has 8 heteroatoms. The normalized spacial score (nSPS) is 14.7. The molecule has 3 rings (SSSR count). The molecule has 1 aliphatic rings. The molecular formula is C24H32N4O4. The van der Waals surface area contributed by atoms with Crippen LogP contribution in [0, 0.1) is 0 Å². The van der Waals surface area contributed by atoms with Crippen molar-refractivity contribution >= 4 is 17.5 Å². The van der Waals surface area contributed by atoms with E-state index in [1.165, 1.54) is 0 Å². The summed E-state index contributed by atoms with van der Waals surface area (Å²) in [5.74, 6) is 1.01. The van der Waals surface area contributed by atoms with Crippen molar-refractivity contribution in [3.63, 3.8) is 0 Å². The van der Waals surface area contributed by atoms with Gasteiger partial charge in [-0.1, -0.05) is 24.3 Å². The van der Waals surface area contributed by atoms with Gasteiger partial charge < -0.3 is 20.1 Å². The van der Waals surface area contributed by atoms with Crippen molar-refractivity contribution in [2.45, 2.75) is 13.0 Å².